The van der Waals surface area contributed by atoms with Gasteiger partial charge in [-0.2, -0.15) is 0 Å². The predicted octanol–water partition coefficient (Wildman–Crippen LogP) is 2.74. The Labute approximate surface area is 75.9 Å². The Balaban J connectivity index is 3.24. The molecular formula is C8H14F2OS. The van der Waals surface area contributed by atoms with E-state index >= 15 is 0 Å². The van der Waals surface area contributed by atoms with Crippen molar-refractivity contribution in [2.24, 2.45) is 0 Å². The Kier molecular flexibility index (Phi) is 7.45. The van der Waals surface area contributed by atoms with E-state index in [1.807, 2.05) is 0 Å². The lowest BCUT2D eigenvalue weighted by molar-refractivity contribution is -0.110. The molecule has 0 aliphatic rings. The molecule has 0 aromatic carbocycles. The fraction of sp³-hybridized carbons (Fsp3) is 0.875. The number of hydrogen-bond donors (Lipinski definition) is 0. The number of carbonyl (C=O) groups is 1. The Morgan fingerprint density at radius 2 is 2.17 bits per heavy atom. The average molecular weight is 196 g/mol. The van der Waals surface area contributed by atoms with Gasteiger partial charge in [0, 0.05) is 18.6 Å². The molecule has 0 aliphatic carbocycles. The van der Waals surface area contributed by atoms with Crippen molar-refractivity contribution < 1.29 is 13.6 Å². The number of thioether (sulfide) groups is 1. The number of carbonyl (C=O) groups excluding carboxylic acids is 1. The number of halogens is 2. The second-order valence-electron chi connectivity index (χ2n) is 2.44. The van der Waals surface area contributed by atoms with Crippen LogP contribution >= 0.6 is 11.8 Å². The molecule has 1 unspecified atom stereocenters. The summed E-state index contributed by atoms with van der Waals surface area (Å²) in [5.74, 6) is 0.466. The van der Waals surface area contributed by atoms with E-state index < -0.39 is 12.8 Å². The normalized spacial score (nSPS) is 12.9. The van der Waals surface area contributed by atoms with Gasteiger partial charge in [0.15, 0.2) is 5.12 Å². The van der Waals surface area contributed by atoms with Crippen LogP contribution in [0.2, 0.25) is 0 Å². The molecule has 0 saturated carbocycles. The first-order valence-electron chi connectivity index (χ1n) is 4.06. The van der Waals surface area contributed by atoms with Gasteiger partial charge >= 0.3 is 0 Å². The largest absolute Gasteiger partial charge is 0.287 e. The van der Waals surface area contributed by atoms with E-state index in [1.54, 1.807) is 6.92 Å². The van der Waals surface area contributed by atoms with Crippen LogP contribution in [0.15, 0.2) is 0 Å². The van der Waals surface area contributed by atoms with E-state index in [4.69, 9.17) is 0 Å². The van der Waals surface area contributed by atoms with Gasteiger partial charge in [-0.1, -0.05) is 18.7 Å². The van der Waals surface area contributed by atoms with Crippen LogP contribution in [-0.4, -0.2) is 23.7 Å². The molecule has 4 heteroatoms. The second-order valence-corrected chi connectivity index (χ2v) is 3.59. The third-order valence-electron chi connectivity index (χ3n) is 1.41. The minimum Gasteiger partial charge on any atom is -0.287 e. The zero-order chi connectivity index (χ0) is 9.40. The molecule has 0 saturated heterocycles. The van der Waals surface area contributed by atoms with Crippen LogP contribution in [0.4, 0.5) is 8.78 Å². The van der Waals surface area contributed by atoms with Crippen molar-refractivity contribution in [3.05, 3.63) is 0 Å². The van der Waals surface area contributed by atoms with E-state index in [2.05, 4.69) is 0 Å². The summed E-state index contributed by atoms with van der Waals surface area (Å²) in [6.07, 6.45) is -0.376. The molecule has 0 N–H and O–H groups in total. The summed E-state index contributed by atoms with van der Waals surface area (Å²) in [7, 11) is 0. The molecule has 0 rings (SSSR count). The van der Waals surface area contributed by atoms with Crippen molar-refractivity contribution in [3.63, 3.8) is 0 Å². The number of rotatable bonds is 6. The minimum absolute atomic E-state index is 0.0408. The van der Waals surface area contributed by atoms with Gasteiger partial charge in [-0.3, -0.25) is 9.18 Å². The third kappa shape index (κ3) is 6.58. The van der Waals surface area contributed by atoms with Crippen molar-refractivity contribution in [3.8, 4) is 0 Å². The molecule has 1 nitrogen and oxygen atoms in total. The number of hydrogen-bond acceptors (Lipinski definition) is 2. The average Bonchev–Trinajstić information content (AvgIpc) is 2.04. The van der Waals surface area contributed by atoms with Crippen molar-refractivity contribution >= 4 is 16.9 Å². The van der Waals surface area contributed by atoms with Gasteiger partial charge in [-0.15, -0.1) is 0 Å². The highest BCUT2D eigenvalue weighted by Gasteiger charge is 2.07. The molecule has 0 aromatic rings. The van der Waals surface area contributed by atoms with Crippen LogP contribution in [0, 0.1) is 0 Å². The van der Waals surface area contributed by atoms with Gasteiger partial charge in [-0.25, -0.2) is 4.39 Å². The van der Waals surface area contributed by atoms with Crippen LogP contribution < -0.4 is 0 Å². The Morgan fingerprint density at radius 1 is 1.50 bits per heavy atom. The third-order valence-corrected chi connectivity index (χ3v) is 2.46. The summed E-state index contributed by atoms with van der Waals surface area (Å²) in [4.78, 5) is 10.7. The monoisotopic (exact) mass is 196 g/mol. The van der Waals surface area contributed by atoms with Gasteiger partial charge in [0.1, 0.15) is 6.17 Å². The Morgan fingerprint density at radius 3 is 2.67 bits per heavy atom. The molecule has 1 atom stereocenters. The first-order valence-corrected chi connectivity index (χ1v) is 5.05. The van der Waals surface area contributed by atoms with Crippen molar-refractivity contribution in [2.75, 3.05) is 12.4 Å². The van der Waals surface area contributed by atoms with Crippen LogP contribution in [0.1, 0.15) is 26.2 Å². The fourth-order valence-corrected chi connectivity index (χ4v) is 1.47. The molecule has 0 fully saturated rings. The van der Waals surface area contributed by atoms with Crippen molar-refractivity contribution in [2.45, 2.75) is 32.4 Å². The van der Waals surface area contributed by atoms with Crippen LogP contribution in [0.25, 0.3) is 0 Å². The summed E-state index contributed by atoms with van der Waals surface area (Å²) in [6.45, 7) is 1.15. The van der Waals surface area contributed by atoms with Gasteiger partial charge in [0.05, 0.1) is 6.67 Å². The van der Waals surface area contributed by atoms with Crippen molar-refractivity contribution in [1.29, 1.82) is 0 Å². The highest BCUT2D eigenvalue weighted by Crippen LogP contribution is 2.12. The quantitative estimate of drug-likeness (QED) is 0.649. The predicted molar refractivity (Wildman–Crippen MR) is 47.9 cm³/mol. The first kappa shape index (κ1) is 11.9. The van der Waals surface area contributed by atoms with Crippen molar-refractivity contribution in [1.82, 2.24) is 0 Å². The molecule has 0 amide bonds. The smallest absolute Gasteiger partial charge is 0.188 e. The summed E-state index contributed by atoms with van der Waals surface area (Å²) < 4.78 is 24.2. The van der Waals surface area contributed by atoms with Crippen LogP contribution in [-0.2, 0) is 4.79 Å². The lowest BCUT2D eigenvalue weighted by Gasteiger charge is -2.03. The molecule has 0 heterocycles. The maximum Gasteiger partial charge on any atom is 0.188 e. The van der Waals surface area contributed by atoms with Crippen LogP contribution in [0.5, 0.6) is 0 Å². The molecular weight excluding hydrogens is 182 g/mol. The van der Waals surface area contributed by atoms with Gasteiger partial charge in [0.25, 0.3) is 0 Å². The van der Waals surface area contributed by atoms with E-state index in [0.29, 0.717) is 12.2 Å². The first-order chi connectivity index (χ1) is 5.70. The maximum absolute atomic E-state index is 12.6. The van der Waals surface area contributed by atoms with E-state index in [0.717, 1.165) is 11.8 Å². The van der Waals surface area contributed by atoms with Gasteiger partial charge < -0.3 is 0 Å². The molecule has 0 aromatic heterocycles. The second kappa shape index (κ2) is 7.53. The van der Waals surface area contributed by atoms with Gasteiger partial charge in [-0.05, 0) is 6.42 Å². The fourth-order valence-electron chi connectivity index (χ4n) is 0.665. The SMILES string of the molecule is CCC(=O)SCCC(F)CCF. The molecule has 0 spiro atoms. The topological polar surface area (TPSA) is 17.1 Å². The summed E-state index contributed by atoms with van der Waals surface area (Å²) >= 11 is 1.13. The zero-order valence-electron chi connectivity index (χ0n) is 7.19. The van der Waals surface area contributed by atoms with E-state index in [1.165, 1.54) is 0 Å². The number of alkyl halides is 2. The highest BCUT2D eigenvalue weighted by atomic mass is 32.2. The maximum atomic E-state index is 12.6. The van der Waals surface area contributed by atoms with Crippen LogP contribution in [0.3, 0.4) is 0 Å². The zero-order valence-corrected chi connectivity index (χ0v) is 8.00. The van der Waals surface area contributed by atoms with E-state index in [-0.39, 0.29) is 18.0 Å². The lowest BCUT2D eigenvalue weighted by Crippen LogP contribution is -2.03. The highest BCUT2D eigenvalue weighted by molar-refractivity contribution is 8.13. The summed E-state index contributed by atoms with van der Waals surface area (Å²) in [6, 6.07) is 0. The Hall–Kier alpha value is -0.120. The van der Waals surface area contributed by atoms with E-state index in [9.17, 15) is 13.6 Å². The molecule has 0 aliphatic heterocycles. The summed E-state index contributed by atoms with van der Waals surface area (Å²) in [5, 5.41) is 0.0717. The molecule has 0 radical (unpaired) electrons. The minimum atomic E-state index is -1.09. The van der Waals surface area contributed by atoms with Gasteiger partial charge in [0.2, 0.25) is 0 Å². The Bertz CT molecular complexity index is 130. The molecule has 0 bridgehead atoms. The molecule has 72 valence electrons. The lowest BCUT2D eigenvalue weighted by atomic mass is 10.2. The standard InChI is InChI=1S/C8H14F2OS/c1-2-8(11)12-6-4-7(10)3-5-9/h7H,2-6H2,1H3. The molecule has 12 heavy (non-hydrogen) atoms. The summed E-state index contributed by atoms with van der Waals surface area (Å²) in [5.41, 5.74) is 0.